The van der Waals surface area contributed by atoms with Crippen LogP contribution in [0.1, 0.15) is 29.8 Å². The molecule has 0 saturated heterocycles. The van der Waals surface area contributed by atoms with E-state index in [-0.39, 0.29) is 11.9 Å². The fourth-order valence-corrected chi connectivity index (χ4v) is 3.63. The van der Waals surface area contributed by atoms with Crippen molar-refractivity contribution in [2.75, 3.05) is 31.8 Å². The third-order valence-corrected chi connectivity index (χ3v) is 6.49. The summed E-state index contributed by atoms with van der Waals surface area (Å²) in [5.41, 5.74) is 2.94. The number of amides is 1. The van der Waals surface area contributed by atoms with Crippen LogP contribution in [0.4, 0.5) is 5.69 Å². The SMILES string of the molecule is CC(C(C)S(C)(=O)=O)N(C)C(=O)c1ccc2c(c1)N(C)CC2. The molecule has 2 rings (SSSR count). The zero-order valence-electron chi connectivity index (χ0n) is 13.8. The maximum atomic E-state index is 12.6. The van der Waals surface area contributed by atoms with Gasteiger partial charge in [0.15, 0.2) is 9.84 Å². The molecule has 0 spiro atoms. The molecule has 2 unspecified atom stereocenters. The lowest BCUT2D eigenvalue weighted by atomic mass is 10.1. The zero-order chi connectivity index (χ0) is 16.7. The second-order valence-electron chi connectivity index (χ2n) is 6.21. The summed E-state index contributed by atoms with van der Waals surface area (Å²) in [6.45, 7) is 4.37. The molecule has 0 aromatic heterocycles. The van der Waals surface area contributed by atoms with E-state index in [2.05, 4.69) is 4.90 Å². The summed E-state index contributed by atoms with van der Waals surface area (Å²) in [6, 6.07) is 5.34. The highest BCUT2D eigenvalue weighted by Gasteiger charge is 2.29. The lowest BCUT2D eigenvalue weighted by Gasteiger charge is -2.29. The van der Waals surface area contributed by atoms with Crippen LogP contribution in [0, 0.1) is 0 Å². The molecule has 1 aromatic carbocycles. The van der Waals surface area contributed by atoms with Gasteiger partial charge in [-0.1, -0.05) is 6.07 Å². The Labute approximate surface area is 132 Å². The lowest BCUT2D eigenvalue weighted by molar-refractivity contribution is 0.0743. The van der Waals surface area contributed by atoms with Crippen molar-refractivity contribution in [1.29, 1.82) is 0 Å². The molecule has 1 aliphatic rings. The van der Waals surface area contributed by atoms with E-state index >= 15 is 0 Å². The molecule has 5 nitrogen and oxygen atoms in total. The van der Waals surface area contributed by atoms with Crippen LogP contribution in [-0.4, -0.2) is 57.4 Å². The molecule has 0 fully saturated rings. The Hall–Kier alpha value is -1.56. The van der Waals surface area contributed by atoms with E-state index in [0.29, 0.717) is 5.56 Å². The number of hydrogen-bond acceptors (Lipinski definition) is 4. The van der Waals surface area contributed by atoms with E-state index < -0.39 is 15.1 Å². The normalized spacial score (nSPS) is 17.0. The maximum Gasteiger partial charge on any atom is 0.253 e. The molecule has 0 saturated carbocycles. The first kappa shape index (κ1) is 16.8. The van der Waals surface area contributed by atoms with Crippen molar-refractivity contribution in [3.63, 3.8) is 0 Å². The van der Waals surface area contributed by atoms with E-state index in [1.165, 1.54) is 16.7 Å². The van der Waals surface area contributed by atoms with Crippen LogP contribution in [0.25, 0.3) is 0 Å². The average Bonchev–Trinajstić information content (AvgIpc) is 2.84. The molecule has 0 radical (unpaired) electrons. The number of carbonyl (C=O) groups excluding carboxylic acids is 1. The van der Waals surface area contributed by atoms with Gasteiger partial charge in [-0.2, -0.15) is 0 Å². The molecular weight excluding hydrogens is 300 g/mol. The minimum Gasteiger partial charge on any atom is -0.374 e. The summed E-state index contributed by atoms with van der Waals surface area (Å²) < 4.78 is 23.4. The number of hydrogen-bond donors (Lipinski definition) is 0. The van der Waals surface area contributed by atoms with Crippen LogP contribution >= 0.6 is 0 Å². The molecular formula is C16H24N2O3S. The predicted molar refractivity (Wildman–Crippen MR) is 89.3 cm³/mol. The number of likely N-dealkylation sites (N-methyl/N-ethyl adjacent to an activating group) is 1. The van der Waals surface area contributed by atoms with Crippen LogP contribution in [0.3, 0.4) is 0 Å². The first-order valence-corrected chi connectivity index (χ1v) is 9.38. The molecule has 0 N–H and O–H groups in total. The molecule has 6 heteroatoms. The van der Waals surface area contributed by atoms with Gasteiger partial charge >= 0.3 is 0 Å². The van der Waals surface area contributed by atoms with E-state index in [0.717, 1.165) is 18.7 Å². The fraction of sp³-hybridized carbons (Fsp3) is 0.562. The van der Waals surface area contributed by atoms with Gasteiger partial charge in [-0.3, -0.25) is 4.79 Å². The van der Waals surface area contributed by atoms with Gasteiger partial charge in [-0.15, -0.1) is 0 Å². The number of nitrogens with zero attached hydrogens (tertiary/aromatic N) is 2. The van der Waals surface area contributed by atoms with Gasteiger partial charge in [0.25, 0.3) is 5.91 Å². The predicted octanol–water partition coefficient (Wildman–Crippen LogP) is 1.57. The molecule has 1 heterocycles. The maximum absolute atomic E-state index is 12.6. The second kappa shape index (κ2) is 5.91. The van der Waals surface area contributed by atoms with Gasteiger partial charge in [0.2, 0.25) is 0 Å². The number of sulfone groups is 1. The summed E-state index contributed by atoms with van der Waals surface area (Å²) in [5.74, 6) is -0.147. The van der Waals surface area contributed by atoms with Crippen LogP contribution in [0.5, 0.6) is 0 Å². The molecule has 22 heavy (non-hydrogen) atoms. The van der Waals surface area contributed by atoms with Gasteiger partial charge in [0, 0.05) is 44.2 Å². The van der Waals surface area contributed by atoms with Gasteiger partial charge in [0.1, 0.15) is 0 Å². The van der Waals surface area contributed by atoms with Crippen molar-refractivity contribution in [3.8, 4) is 0 Å². The lowest BCUT2D eigenvalue weighted by Crippen LogP contribution is -2.44. The standard InChI is InChI=1S/C16H24N2O3S/c1-11(12(2)22(5,20)21)18(4)16(19)14-7-6-13-8-9-17(3)15(13)10-14/h6-7,10-12H,8-9H2,1-5H3. The van der Waals surface area contributed by atoms with Crippen molar-refractivity contribution in [2.24, 2.45) is 0 Å². The minimum atomic E-state index is -3.18. The van der Waals surface area contributed by atoms with Gasteiger partial charge in [0.05, 0.1) is 5.25 Å². The zero-order valence-corrected chi connectivity index (χ0v) is 14.6. The molecule has 0 bridgehead atoms. The van der Waals surface area contributed by atoms with Crippen LogP contribution in [-0.2, 0) is 16.3 Å². The Morgan fingerprint density at radius 2 is 1.95 bits per heavy atom. The van der Waals surface area contributed by atoms with Crippen molar-refractivity contribution < 1.29 is 13.2 Å². The summed E-state index contributed by atoms with van der Waals surface area (Å²) >= 11 is 0. The van der Waals surface area contributed by atoms with Crippen molar-refractivity contribution in [2.45, 2.75) is 31.6 Å². The molecule has 0 aliphatic carbocycles. The van der Waals surface area contributed by atoms with Crippen molar-refractivity contribution in [1.82, 2.24) is 4.90 Å². The number of benzene rings is 1. The summed E-state index contributed by atoms with van der Waals surface area (Å²) in [7, 11) is 0.487. The molecule has 2 atom stereocenters. The summed E-state index contributed by atoms with van der Waals surface area (Å²) in [5, 5.41) is -0.599. The van der Waals surface area contributed by atoms with E-state index in [1.807, 2.05) is 25.2 Å². The highest BCUT2D eigenvalue weighted by Crippen LogP contribution is 2.28. The third kappa shape index (κ3) is 3.11. The fourth-order valence-electron chi connectivity index (χ4n) is 2.73. The quantitative estimate of drug-likeness (QED) is 0.844. The Morgan fingerprint density at radius 1 is 1.32 bits per heavy atom. The van der Waals surface area contributed by atoms with Crippen LogP contribution in [0.2, 0.25) is 0 Å². The minimum absolute atomic E-state index is 0.147. The average molecular weight is 324 g/mol. The highest BCUT2D eigenvalue weighted by atomic mass is 32.2. The van der Waals surface area contributed by atoms with Gasteiger partial charge < -0.3 is 9.80 Å². The summed E-state index contributed by atoms with van der Waals surface area (Å²) in [4.78, 5) is 16.3. The van der Waals surface area contributed by atoms with Gasteiger partial charge in [-0.05, 0) is 38.0 Å². The van der Waals surface area contributed by atoms with Crippen LogP contribution < -0.4 is 4.90 Å². The monoisotopic (exact) mass is 324 g/mol. The Bertz CT molecular complexity index is 685. The van der Waals surface area contributed by atoms with E-state index in [9.17, 15) is 13.2 Å². The number of fused-ring (bicyclic) bond motifs is 1. The highest BCUT2D eigenvalue weighted by molar-refractivity contribution is 7.91. The second-order valence-corrected chi connectivity index (χ2v) is 8.61. The Morgan fingerprint density at radius 3 is 2.55 bits per heavy atom. The molecule has 1 amide bonds. The topological polar surface area (TPSA) is 57.7 Å². The Balaban J connectivity index is 2.23. The molecule has 122 valence electrons. The molecule has 1 aliphatic heterocycles. The number of rotatable bonds is 4. The first-order valence-electron chi connectivity index (χ1n) is 7.43. The van der Waals surface area contributed by atoms with Gasteiger partial charge in [-0.25, -0.2) is 8.42 Å². The number of carbonyl (C=O) groups is 1. The van der Waals surface area contributed by atoms with Crippen molar-refractivity contribution >= 4 is 21.4 Å². The largest absolute Gasteiger partial charge is 0.374 e. The first-order chi connectivity index (χ1) is 10.1. The van der Waals surface area contributed by atoms with Crippen molar-refractivity contribution in [3.05, 3.63) is 29.3 Å². The third-order valence-electron chi connectivity index (χ3n) is 4.75. The number of anilines is 1. The van der Waals surface area contributed by atoms with E-state index in [1.54, 1.807) is 20.9 Å². The Kier molecular flexibility index (Phi) is 4.52. The summed E-state index contributed by atoms with van der Waals surface area (Å²) in [6.07, 6.45) is 2.20. The van der Waals surface area contributed by atoms with Crippen LogP contribution in [0.15, 0.2) is 18.2 Å². The van der Waals surface area contributed by atoms with E-state index in [4.69, 9.17) is 0 Å². The smallest absolute Gasteiger partial charge is 0.253 e. The molecule has 1 aromatic rings.